The standard InChI is InChI=1S/C19H20F3NO3S/c1-13(2)27(24,25)23-11-10-17-14(12-23)4-3-5-18(17)26-16-8-6-15(7-9-16)19(20,21)22/h3-9,13H,10-12H2,1-2H3. The minimum atomic E-state index is -4.39. The summed E-state index contributed by atoms with van der Waals surface area (Å²) in [4.78, 5) is 0. The lowest BCUT2D eigenvalue weighted by atomic mass is 10.00. The summed E-state index contributed by atoms with van der Waals surface area (Å²) in [6, 6.07) is 9.84. The van der Waals surface area contributed by atoms with E-state index in [9.17, 15) is 21.6 Å². The van der Waals surface area contributed by atoms with Gasteiger partial charge >= 0.3 is 6.18 Å². The molecular formula is C19H20F3NO3S. The van der Waals surface area contributed by atoms with Gasteiger partial charge in [0, 0.05) is 18.7 Å². The molecule has 0 aromatic heterocycles. The molecule has 0 bridgehead atoms. The highest BCUT2D eigenvalue weighted by molar-refractivity contribution is 7.89. The summed E-state index contributed by atoms with van der Waals surface area (Å²) < 4.78 is 70.0. The van der Waals surface area contributed by atoms with Gasteiger partial charge in [-0.25, -0.2) is 8.42 Å². The second-order valence-corrected chi connectivity index (χ2v) is 9.18. The first-order valence-electron chi connectivity index (χ1n) is 8.54. The van der Waals surface area contributed by atoms with Gasteiger partial charge in [0.2, 0.25) is 10.0 Å². The molecule has 3 rings (SSSR count). The van der Waals surface area contributed by atoms with Crippen molar-refractivity contribution in [2.75, 3.05) is 6.54 Å². The van der Waals surface area contributed by atoms with Crippen LogP contribution in [0.2, 0.25) is 0 Å². The Balaban J connectivity index is 1.82. The number of sulfonamides is 1. The fourth-order valence-corrected chi connectivity index (χ4v) is 4.26. The number of ether oxygens (including phenoxy) is 1. The van der Waals surface area contributed by atoms with Crippen LogP contribution in [0.15, 0.2) is 42.5 Å². The van der Waals surface area contributed by atoms with Crippen molar-refractivity contribution in [3.05, 3.63) is 59.2 Å². The number of benzene rings is 2. The Labute approximate surface area is 156 Å². The van der Waals surface area contributed by atoms with Crippen molar-refractivity contribution in [2.45, 2.75) is 38.2 Å². The zero-order valence-corrected chi connectivity index (χ0v) is 15.8. The maximum absolute atomic E-state index is 12.7. The van der Waals surface area contributed by atoms with Gasteiger partial charge in [0.25, 0.3) is 0 Å². The summed E-state index contributed by atoms with van der Waals surface area (Å²) in [5, 5.41) is -0.495. The van der Waals surface area contributed by atoms with Crippen LogP contribution in [0.25, 0.3) is 0 Å². The summed E-state index contributed by atoms with van der Waals surface area (Å²) in [6.45, 7) is 3.91. The van der Waals surface area contributed by atoms with Crippen LogP contribution in [-0.4, -0.2) is 24.5 Å². The molecule has 2 aromatic rings. The molecule has 27 heavy (non-hydrogen) atoms. The third-order valence-corrected chi connectivity index (χ3v) is 6.78. The number of halogens is 3. The van der Waals surface area contributed by atoms with Gasteiger partial charge in [0.05, 0.1) is 10.8 Å². The van der Waals surface area contributed by atoms with Crippen LogP contribution in [0, 0.1) is 0 Å². The summed E-state index contributed by atoms with van der Waals surface area (Å²) >= 11 is 0. The van der Waals surface area contributed by atoms with E-state index in [0.717, 1.165) is 23.3 Å². The highest BCUT2D eigenvalue weighted by atomic mass is 32.2. The fraction of sp³-hybridized carbons (Fsp3) is 0.368. The Morgan fingerprint density at radius 2 is 1.74 bits per heavy atom. The molecule has 2 aromatic carbocycles. The van der Waals surface area contributed by atoms with Crippen LogP contribution in [0.1, 0.15) is 30.5 Å². The number of nitrogens with zero attached hydrogens (tertiary/aromatic N) is 1. The summed E-state index contributed by atoms with van der Waals surface area (Å²) in [5.41, 5.74) is 0.988. The third kappa shape index (κ3) is 4.11. The van der Waals surface area contributed by atoms with Crippen molar-refractivity contribution in [2.24, 2.45) is 0 Å². The summed E-state index contributed by atoms with van der Waals surface area (Å²) in [5.74, 6) is 0.836. The number of rotatable bonds is 4. The molecule has 0 N–H and O–H groups in total. The maximum Gasteiger partial charge on any atom is 0.416 e. The number of hydrogen-bond donors (Lipinski definition) is 0. The van der Waals surface area contributed by atoms with Gasteiger partial charge in [-0.15, -0.1) is 0 Å². The molecule has 0 aliphatic carbocycles. The molecule has 0 radical (unpaired) electrons. The Bertz CT molecular complexity index is 922. The predicted octanol–water partition coefficient (Wildman–Crippen LogP) is 4.59. The molecule has 1 heterocycles. The van der Waals surface area contributed by atoms with Gasteiger partial charge in [-0.05, 0) is 56.2 Å². The minimum absolute atomic E-state index is 0.264. The van der Waals surface area contributed by atoms with E-state index >= 15 is 0 Å². The van der Waals surface area contributed by atoms with Crippen molar-refractivity contribution in [3.8, 4) is 11.5 Å². The number of fused-ring (bicyclic) bond motifs is 1. The minimum Gasteiger partial charge on any atom is -0.457 e. The first-order valence-corrected chi connectivity index (χ1v) is 10.0. The zero-order chi connectivity index (χ0) is 19.8. The highest BCUT2D eigenvalue weighted by Crippen LogP contribution is 2.34. The lowest BCUT2D eigenvalue weighted by Gasteiger charge is -2.30. The maximum atomic E-state index is 12.7. The topological polar surface area (TPSA) is 46.6 Å². The second-order valence-electron chi connectivity index (χ2n) is 6.70. The van der Waals surface area contributed by atoms with E-state index in [4.69, 9.17) is 4.74 Å². The molecule has 1 aliphatic heterocycles. The molecule has 1 aliphatic rings. The van der Waals surface area contributed by atoms with Crippen molar-refractivity contribution < 1.29 is 26.3 Å². The Morgan fingerprint density at radius 3 is 2.33 bits per heavy atom. The summed E-state index contributed by atoms with van der Waals surface area (Å²) in [6.07, 6.45) is -3.91. The second kappa shape index (κ2) is 7.16. The summed E-state index contributed by atoms with van der Waals surface area (Å²) in [7, 11) is -3.35. The van der Waals surface area contributed by atoms with E-state index in [1.54, 1.807) is 26.0 Å². The van der Waals surface area contributed by atoms with Gasteiger partial charge in [0.1, 0.15) is 11.5 Å². The zero-order valence-electron chi connectivity index (χ0n) is 15.0. The van der Waals surface area contributed by atoms with Gasteiger partial charge in [0.15, 0.2) is 0 Å². The molecule has 0 saturated heterocycles. The Kier molecular flexibility index (Phi) is 5.22. The van der Waals surface area contributed by atoms with Crippen molar-refractivity contribution in [3.63, 3.8) is 0 Å². The largest absolute Gasteiger partial charge is 0.457 e. The first kappa shape index (κ1) is 19.7. The lowest BCUT2D eigenvalue weighted by Crippen LogP contribution is -2.39. The van der Waals surface area contributed by atoms with Crippen LogP contribution in [0.5, 0.6) is 11.5 Å². The van der Waals surface area contributed by atoms with E-state index in [-0.39, 0.29) is 6.54 Å². The van der Waals surface area contributed by atoms with Crippen molar-refractivity contribution in [1.29, 1.82) is 0 Å². The molecule has 0 fully saturated rings. The predicted molar refractivity (Wildman–Crippen MR) is 96.1 cm³/mol. The van der Waals surface area contributed by atoms with Crippen LogP contribution in [0.3, 0.4) is 0 Å². The van der Waals surface area contributed by atoms with E-state index in [1.807, 2.05) is 6.07 Å². The van der Waals surface area contributed by atoms with Crippen LogP contribution >= 0.6 is 0 Å². The molecule has 8 heteroatoms. The molecule has 0 unspecified atom stereocenters. The van der Waals surface area contributed by atoms with E-state index in [0.29, 0.717) is 24.5 Å². The number of alkyl halides is 3. The van der Waals surface area contributed by atoms with Gasteiger partial charge in [-0.3, -0.25) is 0 Å². The van der Waals surface area contributed by atoms with Crippen LogP contribution in [-0.2, 0) is 29.2 Å². The van der Waals surface area contributed by atoms with Gasteiger partial charge in [-0.1, -0.05) is 12.1 Å². The van der Waals surface area contributed by atoms with Gasteiger partial charge in [-0.2, -0.15) is 17.5 Å². The molecule has 4 nitrogen and oxygen atoms in total. The van der Waals surface area contributed by atoms with E-state index in [1.165, 1.54) is 16.4 Å². The first-order chi connectivity index (χ1) is 12.6. The van der Waals surface area contributed by atoms with Gasteiger partial charge < -0.3 is 4.74 Å². The molecule has 0 spiro atoms. The SMILES string of the molecule is CC(C)S(=O)(=O)N1CCc2c(cccc2Oc2ccc(C(F)(F)F)cc2)C1. The molecule has 0 amide bonds. The Hall–Kier alpha value is -2.06. The average molecular weight is 399 g/mol. The molecular weight excluding hydrogens is 379 g/mol. The smallest absolute Gasteiger partial charge is 0.416 e. The monoisotopic (exact) mass is 399 g/mol. The highest BCUT2D eigenvalue weighted by Gasteiger charge is 2.31. The third-order valence-electron chi connectivity index (χ3n) is 4.55. The number of hydrogen-bond acceptors (Lipinski definition) is 3. The molecule has 0 saturated carbocycles. The van der Waals surface area contributed by atoms with Crippen LogP contribution < -0.4 is 4.74 Å². The quantitative estimate of drug-likeness (QED) is 0.755. The lowest BCUT2D eigenvalue weighted by molar-refractivity contribution is -0.137. The molecule has 146 valence electrons. The Morgan fingerprint density at radius 1 is 1.07 bits per heavy atom. The normalized spacial score (nSPS) is 15.6. The average Bonchev–Trinajstić information content (AvgIpc) is 2.61. The van der Waals surface area contributed by atoms with Crippen molar-refractivity contribution >= 4 is 10.0 Å². The van der Waals surface area contributed by atoms with E-state index < -0.39 is 27.0 Å². The van der Waals surface area contributed by atoms with Crippen molar-refractivity contribution in [1.82, 2.24) is 4.31 Å². The van der Waals surface area contributed by atoms with E-state index in [2.05, 4.69) is 0 Å². The molecule has 0 atom stereocenters. The van der Waals surface area contributed by atoms with Crippen LogP contribution in [0.4, 0.5) is 13.2 Å². The fourth-order valence-electron chi connectivity index (χ4n) is 3.00.